The van der Waals surface area contributed by atoms with E-state index in [0.717, 1.165) is 11.6 Å². The van der Waals surface area contributed by atoms with Crippen LogP contribution in [0.5, 0.6) is 11.5 Å². The van der Waals surface area contributed by atoms with Gasteiger partial charge in [-0.3, -0.25) is 14.9 Å². The van der Waals surface area contributed by atoms with Gasteiger partial charge in [-0.05, 0) is 30.7 Å². The zero-order valence-corrected chi connectivity index (χ0v) is 17.1. The van der Waals surface area contributed by atoms with Crippen molar-refractivity contribution < 1.29 is 28.7 Å². The highest BCUT2D eigenvalue weighted by atomic mass is 16.6. The molecule has 0 saturated heterocycles. The minimum absolute atomic E-state index is 0.0359. The maximum atomic E-state index is 12.4. The van der Waals surface area contributed by atoms with E-state index in [4.69, 9.17) is 14.2 Å². The first kappa shape index (κ1) is 22.5. The number of nitro groups is 1. The summed E-state index contributed by atoms with van der Waals surface area (Å²) in [6.45, 7) is 1.60. The van der Waals surface area contributed by atoms with Gasteiger partial charge in [0.1, 0.15) is 0 Å². The minimum atomic E-state index is -1.11. The Labute approximate surface area is 173 Å². The number of rotatable bonds is 9. The van der Waals surface area contributed by atoms with Crippen LogP contribution in [0.1, 0.15) is 22.8 Å². The van der Waals surface area contributed by atoms with E-state index in [9.17, 15) is 19.7 Å². The number of carbonyl (C=O) groups excluding carboxylic acids is 2. The van der Waals surface area contributed by atoms with E-state index >= 15 is 0 Å². The Morgan fingerprint density at radius 3 is 2.40 bits per heavy atom. The number of nitrogens with one attached hydrogen (secondary N) is 2. The molecule has 0 fully saturated rings. The number of carbonyl (C=O) groups is 2. The predicted octanol–water partition coefficient (Wildman–Crippen LogP) is 2.52. The summed E-state index contributed by atoms with van der Waals surface area (Å²) in [6.07, 6.45) is -1.11. The van der Waals surface area contributed by atoms with Gasteiger partial charge in [-0.1, -0.05) is 6.07 Å². The van der Waals surface area contributed by atoms with E-state index in [2.05, 4.69) is 10.6 Å². The van der Waals surface area contributed by atoms with Gasteiger partial charge in [0.25, 0.3) is 11.6 Å². The third-order valence-corrected chi connectivity index (χ3v) is 4.27. The zero-order chi connectivity index (χ0) is 22.3. The molecule has 1 atom stereocenters. The summed E-state index contributed by atoms with van der Waals surface area (Å²) in [6, 6.07) is 8.96. The zero-order valence-electron chi connectivity index (χ0n) is 17.1. The largest absolute Gasteiger partial charge is 0.493 e. The summed E-state index contributed by atoms with van der Waals surface area (Å²) >= 11 is 0. The van der Waals surface area contributed by atoms with Crippen molar-refractivity contribution in [1.29, 1.82) is 0 Å². The van der Waals surface area contributed by atoms with E-state index in [-0.39, 0.29) is 17.8 Å². The molecular formula is C20H23N3O7. The van der Waals surface area contributed by atoms with Crippen molar-refractivity contribution in [1.82, 2.24) is 5.32 Å². The molecule has 0 bridgehead atoms. The normalized spacial score (nSPS) is 11.2. The van der Waals surface area contributed by atoms with Crippen LogP contribution >= 0.6 is 0 Å². The molecule has 0 aliphatic rings. The fourth-order valence-electron chi connectivity index (χ4n) is 2.63. The highest BCUT2D eigenvalue weighted by Gasteiger charge is 2.23. The summed E-state index contributed by atoms with van der Waals surface area (Å²) in [5, 5.41) is 16.4. The second kappa shape index (κ2) is 10.1. The van der Waals surface area contributed by atoms with Crippen LogP contribution in [0.3, 0.4) is 0 Å². The Kier molecular flexibility index (Phi) is 7.56. The average Bonchev–Trinajstić information content (AvgIpc) is 2.76. The fraction of sp³-hybridized carbons (Fsp3) is 0.300. The van der Waals surface area contributed by atoms with Gasteiger partial charge in [-0.2, -0.15) is 0 Å². The summed E-state index contributed by atoms with van der Waals surface area (Å²) in [5.41, 5.74) is 0.817. The number of hydrogen-bond donors (Lipinski definition) is 2. The molecule has 2 aromatic carbocycles. The summed E-state index contributed by atoms with van der Waals surface area (Å²) in [5.74, 6) is -0.285. The lowest BCUT2D eigenvalue weighted by atomic mass is 10.1. The van der Waals surface area contributed by atoms with Crippen LogP contribution in [0.15, 0.2) is 36.4 Å². The molecule has 0 spiro atoms. The van der Waals surface area contributed by atoms with E-state index in [0.29, 0.717) is 17.2 Å². The Balaban J connectivity index is 2.03. The van der Waals surface area contributed by atoms with Gasteiger partial charge < -0.3 is 24.8 Å². The Hall–Kier alpha value is -3.82. The van der Waals surface area contributed by atoms with Crippen molar-refractivity contribution in [2.75, 3.05) is 26.6 Å². The van der Waals surface area contributed by atoms with Crippen molar-refractivity contribution in [2.24, 2.45) is 0 Å². The van der Waals surface area contributed by atoms with Crippen molar-refractivity contribution >= 4 is 23.3 Å². The molecule has 0 aromatic heterocycles. The number of hydrogen-bond acceptors (Lipinski definition) is 8. The van der Waals surface area contributed by atoms with Gasteiger partial charge in [0, 0.05) is 31.4 Å². The molecule has 2 N–H and O–H groups in total. The molecule has 0 radical (unpaired) electrons. The van der Waals surface area contributed by atoms with E-state index in [1.54, 1.807) is 25.2 Å². The monoisotopic (exact) mass is 417 g/mol. The van der Waals surface area contributed by atoms with Crippen LogP contribution < -0.4 is 20.1 Å². The Morgan fingerprint density at radius 2 is 1.80 bits per heavy atom. The standard InChI is InChI=1S/C20H23N3O7/c1-12(19(24)22-11-13-5-8-17(28-3)18(9-13)29-4)30-20(25)15-10-14(23(26)27)6-7-16(15)21-2/h5-10,12,21H,11H2,1-4H3,(H,22,24)/t12-/m1/s1. The summed E-state index contributed by atoms with van der Waals surface area (Å²) < 4.78 is 15.6. The number of amides is 1. The van der Waals surface area contributed by atoms with Crippen LogP contribution in [0.25, 0.3) is 0 Å². The molecule has 0 heterocycles. The van der Waals surface area contributed by atoms with Gasteiger partial charge in [0.2, 0.25) is 0 Å². The third kappa shape index (κ3) is 5.37. The van der Waals surface area contributed by atoms with E-state index < -0.39 is 22.9 Å². The number of esters is 1. The highest BCUT2D eigenvalue weighted by Crippen LogP contribution is 2.27. The topological polar surface area (TPSA) is 129 Å². The van der Waals surface area contributed by atoms with Crippen molar-refractivity contribution in [3.63, 3.8) is 0 Å². The Bertz CT molecular complexity index is 946. The summed E-state index contributed by atoms with van der Waals surface area (Å²) in [7, 11) is 4.60. The molecular weight excluding hydrogens is 394 g/mol. The second-order valence-corrected chi connectivity index (χ2v) is 6.19. The van der Waals surface area contributed by atoms with Crippen molar-refractivity contribution in [3.8, 4) is 11.5 Å². The number of non-ortho nitro benzene ring substituents is 1. The SMILES string of the molecule is CNc1ccc([N+](=O)[O-])cc1C(=O)O[C@H](C)C(=O)NCc1ccc(OC)c(OC)c1. The molecule has 0 unspecified atom stereocenters. The first-order chi connectivity index (χ1) is 14.3. The molecule has 0 saturated carbocycles. The van der Waals surface area contributed by atoms with Gasteiger partial charge in [0.05, 0.1) is 24.7 Å². The van der Waals surface area contributed by atoms with Crippen molar-refractivity contribution in [3.05, 3.63) is 57.6 Å². The van der Waals surface area contributed by atoms with Crippen LogP contribution in [0, 0.1) is 10.1 Å². The first-order valence-corrected chi connectivity index (χ1v) is 8.96. The van der Waals surface area contributed by atoms with Gasteiger partial charge in [0.15, 0.2) is 17.6 Å². The minimum Gasteiger partial charge on any atom is -0.493 e. The van der Waals surface area contributed by atoms with Gasteiger partial charge >= 0.3 is 5.97 Å². The van der Waals surface area contributed by atoms with E-state index in [1.165, 1.54) is 33.3 Å². The van der Waals surface area contributed by atoms with Crippen LogP contribution in [-0.2, 0) is 16.1 Å². The lowest BCUT2D eigenvalue weighted by molar-refractivity contribution is -0.384. The van der Waals surface area contributed by atoms with Crippen LogP contribution in [0.2, 0.25) is 0 Å². The smallest absolute Gasteiger partial charge is 0.341 e. The van der Waals surface area contributed by atoms with Gasteiger partial charge in [-0.15, -0.1) is 0 Å². The van der Waals surface area contributed by atoms with Gasteiger partial charge in [-0.25, -0.2) is 4.79 Å². The fourth-order valence-corrected chi connectivity index (χ4v) is 2.63. The number of benzene rings is 2. The predicted molar refractivity (Wildman–Crippen MR) is 109 cm³/mol. The highest BCUT2D eigenvalue weighted by molar-refractivity contribution is 5.98. The molecule has 10 heteroatoms. The third-order valence-electron chi connectivity index (χ3n) is 4.27. The van der Waals surface area contributed by atoms with Crippen molar-refractivity contribution in [2.45, 2.75) is 19.6 Å². The molecule has 1 amide bonds. The molecule has 160 valence electrons. The first-order valence-electron chi connectivity index (χ1n) is 8.96. The average molecular weight is 417 g/mol. The molecule has 0 aliphatic heterocycles. The number of nitrogens with zero attached hydrogens (tertiary/aromatic N) is 1. The number of ether oxygens (including phenoxy) is 3. The maximum Gasteiger partial charge on any atom is 0.341 e. The second-order valence-electron chi connectivity index (χ2n) is 6.19. The number of methoxy groups -OCH3 is 2. The maximum absolute atomic E-state index is 12.4. The summed E-state index contributed by atoms with van der Waals surface area (Å²) in [4.78, 5) is 35.1. The molecule has 10 nitrogen and oxygen atoms in total. The molecule has 30 heavy (non-hydrogen) atoms. The quantitative estimate of drug-likeness (QED) is 0.362. The molecule has 2 aromatic rings. The van der Waals surface area contributed by atoms with E-state index in [1.807, 2.05) is 0 Å². The number of nitro benzene ring substituents is 1. The molecule has 2 rings (SSSR count). The lowest BCUT2D eigenvalue weighted by Crippen LogP contribution is -2.35. The number of anilines is 1. The molecule has 0 aliphatic carbocycles. The van der Waals surface area contributed by atoms with Crippen LogP contribution in [0.4, 0.5) is 11.4 Å². The van der Waals surface area contributed by atoms with Crippen LogP contribution in [-0.4, -0.2) is 44.2 Å². The Morgan fingerprint density at radius 1 is 1.10 bits per heavy atom. The lowest BCUT2D eigenvalue weighted by Gasteiger charge is -2.15.